The van der Waals surface area contributed by atoms with E-state index in [9.17, 15) is 9.90 Å². The lowest BCUT2D eigenvalue weighted by Gasteiger charge is -2.72. The van der Waals surface area contributed by atoms with Crippen LogP contribution in [0.15, 0.2) is 41.5 Å². The summed E-state index contributed by atoms with van der Waals surface area (Å²) in [4.78, 5) is 16.6. The van der Waals surface area contributed by atoms with E-state index < -0.39 is 11.4 Å². The summed E-state index contributed by atoms with van der Waals surface area (Å²) in [5.41, 5.74) is 4.85. The largest absolute Gasteiger partial charge is 0.481 e. The molecule has 0 spiro atoms. The molecule has 56 heavy (non-hydrogen) atoms. The molecular weight excluding hydrogens is 731 g/mol. The van der Waals surface area contributed by atoms with Gasteiger partial charge in [0.2, 0.25) is 5.88 Å². The Morgan fingerprint density at radius 1 is 0.982 bits per heavy atom. The molecule has 7 aliphatic rings. The Hall–Kier alpha value is -1.61. The molecule has 0 aromatic carbocycles. The van der Waals surface area contributed by atoms with Crippen LogP contribution in [0, 0.1) is 63.6 Å². The lowest BCUT2D eigenvalue weighted by molar-refractivity contribution is -0.221. The monoisotopic (exact) mass is 804 g/mol. The first kappa shape index (κ1) is 41.1. The summed E-state index contributed by atoms with van der Waals surface area (Å²) in [6.07, 6.45) is 19.4. The fraction of sp³-hybridized carbons (Fsp3) is 0.792. The highest BCUT2D eigenvalue weighted by Crippen LogP contribution is 2.76. The van der Waals surface area contributed by atoms with Crippen LogP contribution in [-0.2, 0) is 4.79 Å². The van der Waals surface area contributed by atoms with Gasteiger partial charge < -0.3 is 20.1 Å². The van der Waals surface area contributed by atoms with Crippen molar-refractivity contribution in [2.45, 2.75) is 137 Å². The maximum Gasteiger partial charge on any atom is 0.310 e. The zero-order valence-corrected chi connectivity index (χ0v) is 37.6. The number of thioether (sulfide) groups is 1. The number of carbonyl (C=O) groups is 1. The molecular formula is C48H73N3O3S2. The highest BCUT2D eigenvalue weighted by Gasteiger charge is 2.70. The summed E-state index contributed by atoms with van der Waals surface area (Å²) in [5, 5.41) is 14.8. The van der Waals surface area contributed by atoms with Crippen molar-refractivity contribution < 1.29 is 14.6 Å². The van der Waals surface area contributed by atoms with Crippen molar-refractivity contribution >= 4 is 29.3 Å². The second-order valence-electron chi connectivity index (χ2n) is 21.2. The minimum Gasteiger partial charge on any atom is -0.481 e. The van der Waals surface area contributed by atoms with E-state index in [1.54, 1.807) is 0 Å². The smallest absolute Gasteiger partial charge is 0.310 e. The van der Waals surface area contributed by atoms with Crippen LogP contribution in [0.1, 0.15) is 130 Å². The van der Waals surface area contributed by atoms with E-state index in [1.807, 2.05) is 13.0 Å². The number of aryl methyl sites for hydroxylation is 1. The van der Waals surface area contributed by atoms with Gasteiger partial charge in [-0.2, -0.15) is 16.1 Å². The summed E-state index contributed by atoms with van der Waals surface area (Å²) in [6.45, 7) is 27.5. The summed E-state index contributed by atoms with van der Waals surface area (Å²) in [5.74, 6) is 5.94. The van der Waals surface area contributed by atoms with E-state index >= 15 is 0 Å². The summed E-state index contributed by atoms with van der Waals surface area (Å²) in [6, 6.07) is 1.94. The number of hydrogen-bond donors (Lipinski definition) is 2. The molecule has 10 atom stereocenters. The summed E-state index contributed by atoms with van der Waals surface area (Å²) < 4.78 is 10.3. The van der Waals surface area contributed by atoms with Crippen LogP contribution >= 0.6 is 23.3 Å². The highest BCUT2D eigenvalue weighted by molar-refractivity contribution is 7.99. The number of nitrogens with one attached hydrogen (secondary N) is 1. The van der Waals surface area contributed by atoms with Crippen molar-refractivity contribution in [1.82, 2.24) is 14.6 Å². The normalized spacial score (nSPS) is 42.0. The summed E-state index contributed by atoms with van der Waals surface area (Å²) >= 11 is 3.54. The molecule has 1 saturated heterocycles. The number of nitrogens with zero attached hydrogens (tertiary/aromatic N) is 2. The number of rotatable bonds is 11. The molecule has 0 amide bonds. The van der Waals surface area contributed by atoms with E-state index in [2.05, 4.69) is 86.6 Å². The lowest BCUT2D eigenvalue weighted by Crippen LogP contribution is -2.68. The Balaban J connectivity index is 1.00. The average molecular weight is 804 g/mol. The van der Waals surface area contributed by atoms with Crippen molar-refractivity contribution in [1.29, 1.82) is 0 Å². The SMILES string of the molecule is C=C(C)[C@@H]1CC[C@]2(NCCN3CCSCC3)CC[C@]3(C)[C@H](CC[C@@H]4[C@@]5(C)CC=C(C6=CCC(CCOc7cc(C)sn7)(C(=O)O)CC6)C(C)(C)[C@@H]5CC[C@]43C)[C@@H]12. The van der Waals surface area contributed by atoms with Gasteiger partial charge in [0.1, 0.15) is 0 Å². The molecule has 0 radical (unpaired) electrons. The minimum atomic E-state index is -0.773. The minimum absolute atomic E-state index is 0.0575. The number of hydrogen-bond acceptors (Lipinski definition) is 7. The number of ether oxygens (including phenoxy) is 1. The molecule has 2 N–H and O–H groups in total. The topological polar surface area (TPSA) is 74.7 Å². The third-order valence-electron chi connectivity index (χ3n) is 18.5. The molecule has 8 heteroatoms. The van der Waals surface area contributed by atoms with E-state index in [4.69, 9.17) is 4.74 Å². The fourth-order valence-electron chi connectivity index (χ4n) is 15.3. The number of carboxylic acid groups (broad SMARTS) is 1. The Labute approximate surface area is 347 Å². The number of fused-ring (bicyclic) bond motifs is 7. The van der Waals surface area contributed by atoms with Crippen LogP contribution in [0.4, 0.5) is 0 Å². The van der Waals surface area contributed by atoms with Gasteiger partial charge in [-0.25, -0.2) is 0 Å². The Bertz CT molecular complexity index is 1730. The first-order chi connectivity index (χ1) is 26.6. The van der Waals surface area contributed by atoms with Gasteiger partial charge in [0.15, 0.2) is 0 Å². The molecule has 6 nitrogen and oxygen atoms in total. The van der Waals surface area contributed by atoms with Crippen molar-refractivity contribution in [3.8, 4) is 5.88 Å². The van der Waals surface area contributed by atoms with Gasteiger partial charge in [-0.3, -0.25) is 4.79 Å². The van der Waals surface area contributed by atoms with Gasteiger partial charge in [-0.15, -0.1) is 0 Å². The average Bonchev–Trinajstić information content (AvgIpc) is 3.76. The zero-order valence-electron chi connectivity index (χ0n) is 35.9. The molecule has 1 aromatic heterocycles. The van der Waals surface area contributed by atoms with Crippen molar-refractivity contribution in [3.63, 3.8) is 0 Å². The van der Waals surface area contributed by atoms with E-state index in [0.717, 1.165) is 36.1 Å². The molecule has 6 aliphatic carbocycles. The van der Waals surface area contributed by atoms with Crippen LogP contribution in [0.3, 0.4) is 0 Å². The molecule has 0 bridgehead atoms. The van der Waals surface area contributed by atoms with E-state index in [1.165, 1.54) is 111 Å². The number of aliphatic carboxylic acids is 1. The lowest BCUT2D eigenvalue weighted by atomic mass is 9.33. The van der Waals surface area contributed by atoms with Crippen LogP contribution < -0.4 is 10.1 Å². The molecule has 1 unspecified atom stereocenters. The predicted octanol–water partition coefficient (Wildman–Crippen LogP) is 11.0. The van der Waals surface area contributed by atoms with Crippen molar-refractivity contribution in [2.75, 3.05) is 44.3 Å². The maximum atomic E-state index is 12.8. The zero-order chi connectivity index (χ0) is 39.7. The fourth-order valence-corrected chi connectivity index (χ4v) is 16.8. The van der Waals surface area contributed by atoms with Gasteiger partial charge in [-0.05, 0) is 171 Å². The molecule has 1 aromatic rings. The quantitative estimate of drug-likeness (QED) is 0.216. The van der Waals surface area contributed by atoms with Crippen LogP contribution in [0.5, 0.6) is 5.88 Å². The maximum absolute atomic E-state index is 12.8. The third-order valence-corrected chi connectivity index (χ3v) is 20.1. The second-order valence-corrected chi connectivity index (χ2v) is 23.4. The van der Waals surface area contributed by atoms with Crippen LogP contribution in [-0.4, -0.2) is 70.2 Å². The first-order valence-electron chi connectivity index (χ1n) is 22.5. The van der Waals surface area contributed by atoms with Crippen LogP contribution in [0.25, 0.3) is 0 Å². The van der Waals surface area contributed by atoms with Gasteiger partial charge >= 0.3 is 5.97 Å². The standard InChI is InChI=1S/C48H73N3O3S2/c1-32(2)35-13-20-48(49-24-25-51-26-29-55-30-27-51)22-21-45(7)37(41(35)48)9-10-39-44(6)16-14-36(43(4,5)38(44)15-17-46(39,45)8)34-11-18-47(19-12-34,42(52)53)23-28-54-40-31-33(3)56-50-40/h11,14,31,35,37-39,41,49H,1,9-10,12-13,15-30H2,2-8H3,(H,52,53)/t35-,37+,38-,39+,41+,44-,45+,46+,47?,48-/m0/s1. The van der Waals surface area contributed by atoms with Crippen molar-refractivity contribution in [2.24, 2.45) is 56.7 Å². The number of allylic oxidation sites excluding steroid dienone is 5. The van der Waals surface area contributed by atoms with Gasteiger partial charge in [-0.1, -0.05) is 58.9 Å². The second kappa shape index (κ2) is 15.1. The molecule has 4 saturated carbocycles. The van der Waals surface area contributed by atoms with Crippen LogP contribution in [0.2, 0.25) is 0 Å². The molecule has 2 heterocycles. The van der Waals surface area contributed by atoms with Gasteiger partial charge in [0.25, 0.3) is 0 Å². The third kappa shape index (κ3) is 6.64. The first-order valence-corrected chi connectivity index (χ1v) is 24.4. The molecule has 5 fully saturated rings. The Morgan fingerprint density at radius 2 is 1.77 bits per heavy atom. The Morgan fingerprint density at radius 3 is 2.45 bits per heavy atom. The number of carboxylic acids is 1. The van der Waals surface area contributed by atoms with Gasteiger partial charge in [0.05, 0.1) is 12.0 Å². The molecule has 8 rings (SSSR count). The number of aromatic nitrogens is 1. The van der Waals surface area contributed by atoms with Crippen molar-refractivity contribution in [3.05, 3.63) is 46.4 Å². The molecule has 310 valence electrons. The van der Waals surface area contributed by atoms with E-state index in [-0.39, 0.29) is 16.4 Å². The molecule has 1 aliphatic heterocycles. The van der Waals surface area contributed by atoms with Gasteiger partial charge in [0, 0.05) is 54.2 Å². The van der Waals surface area contributed by atoms with E-state index in [0.29, 0.717) is 60.3 Å². The highest BCUT2D eigenvalue weighted by atomic mass is 32.2. The Kier molecular flexibility index (Phi) is 11.1. The summed E-state index contributed by atoms with van der Waals surface area (Å²) in [7, 11) is 0. The predicted molar refractivity (Wildman–Crippen MR) is 233 cm³/mol.